The van der Waals surface area contributed by atoms with E-state index in [-0.39, 0.29) is 18.5 Å². The Hall–Kier alpha value is -3.09. The summed E-state index contributed by atoms with van der Waals surface area (Å²) in [6.07, 6.45) is 2.90. The van der Waals surface area contributed by atoms with Gasteiger partial charge in [-0.05, 0) is 82.9 Å². The molecule has 0 saturated carbocycles. The highest BCUT2D eigenvalue weighted by Crippen LogP contribution is 2.42. The van der Waals surface area contributed by atoms with Gasteiger partial charge in [-0.1, -0.05) is 32.0 Å². The Bertz CT molecular complexity index is 1230. The van der Waals surface area contributed by atoms with Crippen molar-refractivity contribution in [3.63, 3.8) is 0 Å². The van der Waals surface area contributed by atoms with Crippen molar-refractivity contribution in [2.24, 2.45) is 5.41 Å². The van der Waals surface area contributed by atoms with Crippen molar-refractivity contribution in [3.05, 3.63) is 46.3 Å². The van der Waals surface area contributed by atoms with Crippen molar-refractivity contribution in [2.75, 3.05) is 31.1 Å². The minimum Gasteiger partial charge on any atom is -0.466 e. The van der Waals surface area contributed by atoms with Crippen molar-refractivity contribution in [1.29, 1.82) is 0 Å². The van der Waals surface area contributed by atoms with Crippen LogP contribution in [0.15, 0.2) is 18.2 Å². The lowest BCUT2D eigenvalue weighted by Crippen LogP contribution is -2.39. The second-order valence-electron chi connectivity index (χ2n) is 12.8. The highest BCUT2D eigenvalue weighted by molar-refractivity contribution is 5.87. The molecule has 0 bridgehead atoms. The first-order valence-electron chi connectivity index (χ1n) is 14.3. The standard InChI is InChI=1S/C32H45N3O4/c1-9-38-27(36)19-26-21(2)33-22(3)28(29(26)34-16-13-32(7,8)14-17-34)24-10-11-25-20-35(15-12-23(25)18-24)30(37)39-31(4,5)6/h10-11,18H,9,12-17,19-20H2,1-8H3. The number of piperidine rings is 1. The number of carbonyl (C=O) groups excluding carboxylic acids is 2. The molecule has 4 rings (SSSR count). The Morgan fingerprint density at radius 3 is 2.36 bits per heavy atom. The van der Waals surface area contributed by atoms with Crippen molar-refractivity contribution in [3.8, 4) is 11.1 Å². The zero-order valence-electron chi connectivity index (χ0n) is 25.1. The molecule has 1 aromatic heterocycles. The van der Waals surface area contributed by atoms with Crippen LogP contribution in [0.25, 0.3) is 11.1 Å². The van der Waals surface area contributed by atoms with E-state index in [0.717, 1.165) is 71.7 Å². The van der Waals surface area contributed by atoms with Crippen LogP contribution >= 0.6 is 0 Å². The van der Waals surface area contributed by atoms with Gasteiger partial charge in [-0.25, -0.2) is 4.79 Å². The van der Waals surface area contributed by atoms with Gasteiger partial charge >= 0.3 is 12.1 Å². The van der Waals surface area contributed by atoms with Gasteiger partial charge in [-0.3, -0.25) is 9.78 Å². The quantitative estimate of drug-likeness (QED) is 0.413. The van der Waals surface area contributed by atoms with Crippen molar-refractivity contribution in [1.82, 2.24) is 9.88 Å². The van der Waals surface area contributed by atoms with Gasteiger partial charge in [0, 0.05) is 48.7 Å². The number of ether oxygens (including phenoxy) is 2. The molecule has 0 N–H and O–H groups in total. The van der Waals surface area contributed by atoms with E-state index in [9.17, 15) is 9.59 Å². The van der Waals surface area contributed by atoms with Crippen LogP contribution < -0.4 is 4.90 Å². The molecular formula is C32H45N3O4. The van der Waals surface area contributed by atoms with Crippen LogP contribution in [-0.4, -0.2) is 53.8 Å². The molecule has 7 heteroatoms. The monoisotopic (exact) mass is 535 g/mol. The maximum Gasteiger partial charge on any atom is 0.410 e. The number of hydrogen-bond acceptors (Lipinski definition) is 6. The molecule has 212 valence electrons. The maximum atomic E-state index is 12.7. The number of carbonyl (C=O) groups is 2. The summed E-state index contributed by atoms with van der Waals surface area (Å²) in [7, 11) is 0. The third-order valence-corrected chi connectivity index (χ3v) is 7.88. The average molecular weight is 536 g/mol. The van der Waals surface area contributed by atoms with E-state index < -0.39 is 5.60 Å². The largest absolute Gasteiger partial charge is 0.466 e. The molecule has 3 heterocycles. The molecule has 7 nitrogen and oxygen atoms in total. The van der Waals surface area contributed by atoms with E-state index in [1.165, 1.54) is 5.56 Å². The molecule has 1 amide bonds. The molecule has 0 unspecified atom stereocenters. The number of rotatable bonds is 5. The number of esters is 1. The Morgan fingerprint density at radius 1 is 1.03 bits per heavy atom. The minimum absolute atomic E-state index is 0.213. The summed E-state index contributed by atoms with van der Waals surface area (Å²) >= 11 is 0. The Morgan fingerprint density at radius 2 is 1.72 bits per heavy atom. The predicted octanol–water partition coefficient (Wildman–Crippen LogP) is 6.39. The summed E-state index contributed by atoms with van der Waals surface area (Å²) in [5.41, 5.74) is 8.30. The van der Waals surface area contributed by atoms with Gasteiger partial charge in [0.2, 0.25) is 0 Å². The number of amides is 1. The highest BCUT2D eigenvalue weighted by Gasteiger charge is 2.31. The van der Waals surface area contributed by atoms with Gasteiger partial charge in [0.25, 0.3) is 0 Å². The molecule has 0 radical (unpaired) electrons. The highest BCUT2D eigenvalue weighted by atomic mass is 16.6. The van der Waals surface area contributed by atoms with Crippen LogP contribution in [0.4, 0.5) is 10.5 Å². The summed E-state index contributed by atoms with van der Waals surface area (Å²) in [5, 5.41) is 0. The lowest BCUT2D eigenvalue weighted by atomic mass is 9.82. The maximum absolute atomic E-state index is 12.7. The lowest BCUT2D eigenvalue weighted by Gasteiger charge is -2.40. The molecule has 0 atom stereocenters. The summed E-state index contributed by atoms with van der Waals surface area (Å²) in [6.45, 7) is 19.7. The molecule has 2 aromatic rings. The van der Waals surface area contributed by atoms with Crippen molar-refractivity contribution in [2.45, 2.75) is 93.2 Å². The van der Waals surface area contributed by atoms with Crippen molar-refractivity contribution < 1.29 is 19.1 Å². The van der Waals surface area contributed by atoms with E-state index in [1.54, 1.807) is 4.90 Å². The summed E-state index contributed by atoms with van der Waals surface area (Å²) < 4.78 is 11.0. The number of aromatic nitrogens is 1. The van der Waals surface area contributed by atoms with E-state index in [4.69, 9.17) is 14.5 Å². The molecule has 1 saturated heterocycles. The molecule has 0 spiro atoms. The fourth-order valence-electron chi connectivity index (χ4n) is 5.66. The van der Waals surface area contributed by atoms with Gasteiger partial charge in [-0.15, -0.1) is 0 Å². The molecular weight excluding hydrogens is 490 g/mol. The summed E-state index contributed by atoms with van der Waals surface area (Å²) in [6, 6.07) is 6.53. The number of nitrogens with zero attached hydrogens (tertiary/aromatic N) is 3. The number of anilines is 1. The number of fused-ring (bicyclic) bond motifs is 1. The summed E-state index contributed by atoms with van der Waals surface area (Å²) in [4.78, 5) is 34.5. The second-order valence-corrected chi connectivity index (χ2v) is 12.8. The average Bonchev–Trinajstić information content (AvgIpc) is 2.84. The fourth-order valence-corrected chi connectivity index (χ4v) is 5.66. The van der Waals surface area contributed by atoms with Crippen LogP contribution in [0.1, 0.15) is 82.5 Å². The van der Waals surface area contributed by atoms with Gasteiger partial charge in [-0.2, -0.15) is 0 Å². The number of hydrogen-bond donors (Lipinski definition) is 0. The second kappa shape index (κ2) is 11.2. The molecule has 39 heavy (non-hydrogen) atoms. The molecule has 1 fully saturated rings. The van der Waals surface area contributed by atoms with E-state index in [2.05, 4.69) is 43.9 Å². The van der Waals surface area contributed by atoms with E-state index in [1.807, 2.05) is 34.6 Å². The van der Waals surface area contributed by atoms with Gasteiger partial charge in [0.15, 0.2) is 0 Å². The summed E-state index contributed by atoms with van der Waals surface area (Å²) in [5.74, 6) is -0.219. The van der Waals surface area contributed by atoms with Crippen LogP contribution in [-0.2, 0) is 33.7 Å². The smallest absolute Gasteiger partial charge is 0.410 e. The Kier molecular flexibility index (Phi) is 8.29. The third kappa shape index (κ3) is 6.74. The first-order valence-corrected chi connectivity index (χ1v) is 14.3. The first-order chi connectivity index (χ1) is 18.3. The zero-order valence-corrected chi connectivity index (χ0v) is 25.1. The first kappa shape index (κ1) is 28.9. The molecule has 2 aliphatic rings. The fraction of sp³-hybridized carbons (Fsp3) is 0.594. The van der Waals surface area contributed by atoms with Crippen molar-refractivity contribution >= 4 is 17.7 Å². The minimum atomic E-state index is -0.515. The normalized spacial score (nSPS) is 17.0. The molecule has 1 aromatic carbocycles. The SMILES string of the molecule is CCOC(=O)Cc1c(C)nc(C)c(-c2ccc3c(c2)CCN(C(=O)OC(C)(C)C)C3)c1N1CCC(C)(C)CC1. The lowest BCUT2D eigenvalue weighted by molar-refractivity contribution is -0.142. The Balaban J connectivity index is 1.74. The van der Waals surface area contributed by atoms with E-state index >= 15 is 0 Å². The molecule has 0 aliphatic carbocycles. The third-order valence-electron chi connectivity index (χ3n) is 7.88. The predicted molar refractivity (Wildman–Crippen MR) is 155 cm³/mol. The number of benzene rings is 1. The van der Waals surface area contributed by atoms with E-state index in [0.29, 0.717) is 25.1 Å². The van der Waals surface area contributed by atoms with Gasteiger partial charge in [0.1, 0.15) is 5.60 Å². The zero-order chi connectivity index (χ0) is 28.5. The molecule has 2 aliphatic heterocycles. The topological polar surface area (TPSA) is 72.0 Å². The van der Waals surface area contributed by atoms with Crippen LogP contribution in [0, 0.1) is 19.3 Å². The van der Waals surface area contributed by atoms with Crippen LogP contribution in [0.3, 0.4) is 0 Å². The van der Waals surface area contributed by atoms with Gasteiger partial charge in [0.05, 0.1) is 18.7 Å². The van der Waals surface area contributed by atoms with Crippen LogP contribution in [0.2, 0.25) is 0 Å². The van der Waals surface area contributed by atoms with Gasteiger partial charge < -0.3 is 19.3 Å². The van der Waals surface area contributed by atoms with Crippen LogP contribution in [0.5, 0.6) is 0 Å². The number of pyridine rings is 1. The number of aryl methyl sites for hydroxylation is 2. The Labute approximate surface area is 233 Å².